The van der Waals surface area contributed by atoms with E-state index in [9.17, 15) is 4.79 Å². The van der Waals surface area contributed by atoms with Gasteiger partial charge in [-0.25, -0.2) is 0 Å². The van der Waals surface area contributed by atoms with Crippen LogP contribution in [0.25, 0.3) is 0 Å². The molecule has 1 rings (SSSR count). The van der Waals surface area contributed by atoms with Crippen LogP contribution in [0.4, 0.5) is 0 Å². The van der Waals surface area contributed by atoms with Gasteiger partial charge in [0.1, 0.15) is 5.75 Å². The molecule has 3 heteroatoms. The summed E-state index contributed by atoms with van der Waals surface area (Å²) in [6, 6.07) is 7.33. The molecule has 1 aromatic carbocycles. The van der Waals surface area contributed by atoms with E-state index in [-0.39, 0.29) is 5.78 Å². The molecule has 0 aromatic heterocycles. The molecule has 0 saturated heterocycles. The van der Waals surface area contributed by atoms with Crippen molar-refractivity contribution in [2.24, 2.45) is 0 Å². The van der Waals surface area contributed by atoms with Gasteiger partial charge in [-0.2, -0.15) is 0 Å². The summed E-state index contributed by atoms with van der Waals surface area (Å²) in [6.45, 7) is 2.32. The molecule has 2 nitrogen and oxygen atoms in total. The number of hydrogen-bond donors (Lipinski definition) is 0. The van der Waals surface area contributed by atoms with Gasteiger partial charge in [-0.15, -0.1) is 0 Å². The van der Waals surface area contributed by atoms with Gasteiger partial charge in [-0.05, 0) is 44.0 Å². The van der Waals surface area contributed by atoms with E-state index in [0.29, 0.717) is 0 Å². The fourth-order valence-corrected chi connectivity index (χ4v) is 1.92. The summed E-state index contributed by atoms with van der Waals surface area (Å²) >= 11 is 3.41. The van der Waals surface area contributed by atoms with Crippen molar-refractivity contribution in [2.75, 3.05) is 11.9 Å². The Morgan fingerprint density at radius 2 is 1.76 bits per heavy atom. The van der Waals surface area contributed by atoms with Crippen LogP contribution >= 0.6 is 15.9 Å². The lowest BCUT2D eigenvalue weighted by Gasteiger charge is -2.06. The van der Waals surface area contributed by atoms with Crippen LogP contribution in [0.3, 0.4) is 0 Å². The summed E-state index contributed by atoms with van der Waals surface area (Å²) in [7, 11) is 0. The van der Waals surface area contributed by atoms with Crippen LogP contribution in [0.1, 0.15) is 43.0 Å². The summed E-state index contributed by atoms with van der Waals surface area (Å²) in [5, 5.41) is 1.08. The van der Waals surface area contributed by atoms with E-state index in [1.165, 1.54) is 19.3 Å². The maximum Gasteiger partial charge on any atom is 0.159 e. The SMILES string of the molecule is CC(=O)c1ccc(OCCCCCCBr)cc1. The van der Waals surface area contributed by atoms with Crippen LogP contribution < -0.4 is 4.74 Å². The Kier molecular flexibility index (Phi) is 6.94. The van der Waals surface area contributed by atoms with E-state index in [1.807, 2.05) is 24.3 Å². The van der Waals surface area contributed by atoms with Crippen molar-refractivity contribution in [3.8, 4) is 5.75 Å². The second kappa shape index (κ2) is 8.29. The number of benzene rings is 1. The second-order valence-electron chi connectivity index (χ2n) is 4.03. The highest BCUT2D eigenvalue weighted by molar-refractivity contribution is 9.09. The lowest BCUT2D eigenvalue weighted by molar-refractivity contribution is 0.101. The topological polar surface area (TPSA) is 26.3 Å². The van der Waals surface area contributed by atoms with Gasteiger partial charge < -0.3 is 4.74 Å². The van der Waals surface area contributed by atoms with E-state index in [2.05, 4.69) is 15.9 Å². The molecule has 0 unspecified atom stereocenters. The fourth-order valence-electron chi connectivity index (χ4n) is 1.53. The van der Waals surface area contributed by atoms with Gasteiger partial charge in [0.05, 0.1) is 6.61 Å². The molecular weight excluding hydrogens is 280 g/mol. The molecule has 1 aromatic rings. The van der Waals surface area contributed by atoms with Crippen molar-refractivity contribution in [3.63, 3.8) is 0 Å². The number of hydrogen-bond acceptors (Lipinski definition) is 2. The zero-order valence-electron chi connectivity index (χ0n) is 10.2. The van der Waals surface area contributed by atoms with Crippen LogP contribution in [-0.2, 0) is 0 Å². The molecule has 0 amide bonds. The number of carbonyl (C=O) groups excluding carboxylic acids is 1. The molecule has 0 saturated carbocycles. The van der Waals surface area contributed by atoms with Gasteiger partial charge in [-0.1, -0.05) is 28.8 Å². The molecule has 0 radical (unpaired) electrons. The molecule has 0 bridgehead atoms. The van der Waals surface area contributed by atoms with Gasteiger partial charge in [0.25, 0.3) is 0 Å². The van der Waals surface area contributed by atoms with E-state index >= 15 is 0 Å². The van der Waals surface area contributed by atoms with Gasteiger partial charge >= 0.3 is 0 Å². The Morgan fingerprint density at radius 1 is 1.12 bits per heavy atom. The Hall–Kier alpha value is -0.830. The van der Waals surface area contributed by atoms with Crippen LogP contribution in [-0.4, -0.2) is 17.7 Å². The number of carbonyl (C=O) groups is 1. The lowest BCUT2D eigenvalue weighted by Crippen LogP contribution is -1.98. The molecule has 0 atom stereocenters. The third-order valence-electron chi connectivity index (χ3n) is 2.56. The Bertz CT molecular complexity index is 333. The van der Waals surface area contributed by atoms with Crippen LogP contribution in [0, 0.1) is 0 Å². The molecule has 94 valence electrons. The van der Waals surface area contributed by atoms with Crippen molar-refractivity contribution in [2.45, 2.75) is 32.6 Å². The molecule has 0 spiro atoms. The second-order valence-corrected chi connectivity index (χ2v) is 4.83. The van der Waals surface area contributed by atoms with Crippen LogP contribution in [0.2, 0.25) is 0 Å². The molecule has 0 aliphatic carbocycles. The first kappa shape index (κ1) is 14.2. The molecule has 17 heavy (non-hydrogen) atoms. The summed E-state index contributed by atoms with van der Waals surface area (Å²) in [6.07, 6.45) is 4.77. The Morgan fingerprint density at radius 3 is 2.35 bits per heavy atom. The maximum atomic E-state index is 11.1. The molecule has 0 aliphatic heterocycles. The highest BCUT2D eigenvalue weighted by atomic mass is 79.9. The number of rotatable bonds is 8. The minimum Gasteiger partial charge on any atom is -0.494 e. The first-order chi connectivity index (χ1) is 8.24. The average Bonchev–Trinajstić information content (AvgIpc) is 2.34. The Labute approximate surface area is 111 Å². The van der Waals surface area contributed by atoms with E-state index in [4.69, 9.17) is 4.74 Å². The third-order valence-corrected chi connectivity index (χ3v) is 3.12. The number of ketones is 1. The van der Waals surface area contributed by atoms with Gasteiger partial charge in [0.2, 0.25) is 0 Å². The van der Waals surface area contributed by atoms with Crippen molar-refractivity contribution < 1.29 is 9.53 Å². The third kappa shape index (κ3) is 5.87. The van der Waals surface area contributed by atoms with Crippen molar-refractivity contribution in [3.05, 3.63) is 29.8 Å². The largest absolute Gasteiger partial charge is 0.494 e. The first-order valence-corrected chi connectivity index (χ1v) is 7.16. The average molecular weight is 299 g/mol. The van der Waals surface area contributed by atoms with E-state index in [1.54, 1.807) is 6.92 Å². The zero-order valence-corrected chi connectivity index (χ0v) is 11.8. The molecule has 0 heterocycles. The monoisotopic (exact) mass is 298 g/mol. The van der Waals surface area contributed by atoms with Gasteiger partial charge in [-0.3, -0.25) is 4.79 Å². The van der Waals surface area contributed by atoms with E-state index in [0.717, 1.165) is 29.7 Å². The standard InChI is InChI=1S/C14H19BrO2/c1-12(16)13-6-8-14(9-7-13)17-11-5-3-2-4-10-15/h6-9H,2-5,10-11H2,1H3. The predicted molar refractivity (Wildman–Crippen MR) is 74.2 cm³/mol. The molecular formula is C14H19BrO2. The number of ether oxygens (including phenoxy) is 1. The lowest BCUT2D eigenvalue weighted by atomic mass is 10.1. The summed E-state index contributed by atoms with van der Waals surface area (Å²) in [4.78, 5) is 11.1. The highest BCUT2D eigenvalue weighted by Crippen LogP contribution is 2.13. The summed E-state index contributed by atoms with van der Waals surface area (Å²) < 4.78 is 5.60. The van der Waals surface area contributed by atoms with Crippen LogP contribution in [0.15, 0.2) is 24.3 Å². The maximum absolute atomic E-state index is 11.1. The normalized spacial score (nSPS) is 10.2. The first-order valence-electron chi connectivity index (χ1n) is 6.04. The van der Waals surface area contributed by atoms with Crippen molar-refractivity contribution >= 4 is 21.7 Å². The number of Topliss-reactive ketones (excluding diaryl/α,β-unsaturated/α-hetero) is 1. The fraction of sp³-hybridized carbons (Fsp3) is 0.500. The molecule has 0 aliphatic rings. The van der Waals surface area contributed by atoms with Crippen LogP contribution in [0.5, 0.6) is 5.75 Å². The zero-order chi connectivity index (χ0) is 12.5. The van der Waals surface area contributed by atoms with Crippen molar-refractivity contribution in [1.82, 2.24) is 0 Å². The number of halogens is 1. The van der Waals surface area contributed by atoms with E-state index < -0.39 is 0 Å². The smallest absolute Gasteiger partial charge is 0.159 e. The minimum atomic E-state index is 0.0892. The molecule has 0 N–H and O–H groups in total. The highest BCUT2D eigenvalue weighted by Gasteiger charge is 1.99. The quantitative estimate of drug-likeness (QED) is 0.408. The van der Waals surface area contributed by atoms with Gasteiger partial charge in [0.15, 0.2) is 5.78 Å². The van der Waals surface area contributed by atoms with Gasteiger partial charge in [0, 0.05) is 10.9 Å². The summed E-state index contributed by atoms with van der Waals surface area (Å²) in [5.74, 6) is 0.932. The predicted octanol–water partition coefficient (Wildman–Crippen LogP) is 4.22. The van der Waals surface area contributed by atoms with Crippen molar-refractivity contribution in [1.29, 1.82) is 0 Å². The number of unbranched alkanes of at least 4 members (excludes halogenated alkanes) is 3. The summed E-state index contributed by atoms with van der Waals surface area (Å²) in [5.41, 5.74) is 0.731. The number of alkyl halides is 1. The minimum absolute atomic E-state index is 0.0892. The Balaban J connectivity index is 2.21. The molecule has 0 fully saturated rings.